The molecule has 0 unspecified atom stereocenters. The van der Waals surface area contributed by atoms with Gasteiger partial charge in [0.2, 0.25) is 5.91 Å². The van der Waals surface area contributed by atoms with Crippen LogP contribution in [0.5, 0.6) is 0 Å². The first kappa shape index (κ1) is 22.9. The van der Waals surface area contributed by atoms with Crippen molar-refractivity contribution in [3.63, 3.8) is 0 Å². The van der Waals surface area contributed by atoms with E-state index in [2.05, 4.69) is 15.3 Å². The lowest BCUT2D eigenvalue weighted by Gasteiger charge is -2.21. The van der Waals surface area contributed by atoms with Crippen molar-refractivity contribution >= 4 is 40.5 Å². The Kier molecular flexibility index (Phi) is 6.71. The fourth-order valence-corrected chi connectivity index (χ4v) is 4.01. The summed E-state index contributed by atoms with van der Waals surface area (Å²) in [6, 6.07) is 10.3. The van der Waals surface area contributed by atoms with E-state index in [4.69, 9.17) is 22.7 Å². The monoisotopic (exact) mass is 470 g/mol. The number of nitrogens with zero attached hydrogens (tertiary/aromatic N) is 3. The average molecular weight is 471 g/mol. The van der Waals surface area contributed by atoms with Gasteiger partial charge in [-0.15, -0.1) is 0 Å². The van der Waals surface area contributed by atoms with Gasteiger partial charge in [-0.2, -0.15) is 5.10 Å². The van der Waals surface area contributed by atoms with Gasteiger partial charge < -0.3 is 16.5 Å². The summed E-state index contributed by atoms with van der Waals surface area (Å²) in [6.07, 6.45) is 3.21. The van der Waals surface area contributed by atoms with E-state index in [1.165, 1.54) is 12.3 Å². The molecule has 1 saturated carbocycles. The van der Waals surface area contributed by atoms with Gasteiger partial charge in [0.1, 0.15) is 5.82 Å². The lowest BCUT2D eigenvalue weighted by atomic mass is 10.1. The number of rotatable bonds is 10. The van der Waals surface area contributed by atoms with Gasteiger partial charge in [0.25, 0.3) is 5.91 Å². The maximum Gasteiger partial charge on any atom is 0.269 e. The van der Waals surface area contributed by atoms with E-state index in [1.54, 1.807) is 28.9 Å². The summed E-state index contributed by atoms with van der Waals surface area (Å²) in [5.74, 6) is -1.37. The lowest BCUT2D eigenvalue weighted by Crippen LogP contribution is -2.40. The molecule has 0 aliphatic heterocycles. The van der Waals surface area contributed by atoms with Crippen LogP contribution >= 0.6 is 11.6 Å². The maximum absolute atomic E-state index is 14.0. The van der Waals surface area contributed by atoms with Crippen molar-refractivity contribution < 1.29 is 14.0 Å². The molecule has 1 aromatic heterocycles. The fourth-order valence-electron chi connectivity index (χ4n) is 3.81. The second-order valence-electron chi connectivity index (χ2n) is 8.05. The topological polar surface area (TPSA) is 117 Å². The van der Waals surface area contributed by atoms with Crippen molar-refractivity contribution in [1.82, 2.24) is 20.0 Å². The van der Waals surface area contributed by atoms with Crippen molar-refractivity contribution in [2.45, 2.75) is 32.0 Å². The number of primary amides is 1. The Labute approximate surface area is 195 Å². The number of hydrogen-bond acceptors (Lipinski definition) is 5. The van der Waals surface area contributed by atoms with Crippen LogP contribution in [0.25, 0.3) is 10.9 Å². The van der Waals surface area contributed by atoms with Crippen LogP contribution in [-0.4, -0.2) is 51.8 Å². The maximum atomic E-state index is 14.0. The smallest absolute Gasteiger partial charge is 0.269 e. The zero-order valence-corrected chi connectivity index (χ0v) is 18.6. The second-order valence-corrected chi connectivity index (χ2v) is 8.46. The van der Waals surface area contributed by atoms with Crippen LogP contribution in [-0.2, 0) is 17.9 Å². The summed E-state index contributed by atoms with van der Waals surface area (Å²) in [5.41, 5.74) is 7.38. The van der Waals surface area contributed by atoms with E-state index < -0.39 is 11.7 Å². The molecular formula is C23H24ClFN6O2. The molecule has 10 heteroatoms. The SMILES string of the molecule is N=Cc1ccc2c(c1)c(C(N)=O)nn2CCN(CC(=O)NCc1cccc(Cl)c1F)C1CC1. The molecule has 8 nitrogen and oxygen atoms in total. The van der Waals surface area contributed by atoms with Crippen molar-refractivity contribution in [2.75, 3.05) is 13.1 Å². The number of nitrogens with one attached hydrogen (secondary N) is 2. The van der Waals surface area contributed by atoms with E-state index in [0.29, 0.717) is 35.6 Å². The minimum atomic E-state index is -0.632. The lowest BCUT2D eigenvalue weighted by molar-refractivity contribution is -0.122. The molecule has 3 aromatic rings. The summed E-state index contributed by atoms with van der Waals surface area (Å²) in [4.78, 5) is 26.4. The van der Waals surface area contributed by atoms with Crippen LogP contribution in [0.4, 0.5) is 4.39 Å². The van der Waals surface area contributed by atoms with Gasteiger partial charge in [-0.3, -0.25) is 19.2 Å². The molecular weight excluding hydrogens is 447 g/mol. The third-order valence-electron chi connectivity index (χ3n) is 5.69. The van der Waals surface area contributed by atoms with Crippen LogP contribution in [0, 0.1) is 11.2 Å². The van der Waals surface area contributed by atoms with Gasteiger partial charge in [-0.05, 0) is 36.6 Å². The summed E-state index contributed by atoms with van der Waals surface area (Å²) < 4.78 is 15.8. The van der Waals surface area contributed by atoms with Gasteiger partial charge in [-0.1, -0.05) is 29.8 Å². The number of benzene rings is 2. The van der Waals surface area contributed by atoms with E-state index in [-0.39, 0.29) is 29.7 Å². The first-order valence-corrected chi connectivity index (χ1v) is 11.0. The summed E-state index contributed by atoms with van der Waals surface area (Å²) in [5, 5.41) is 15.2. The van der Waals surface area contributed by atoms with E-state index in [0.717, 1.165) is 18.4 Å². The number of hydrogen-bond donors (Lipinski definition) is 3. The molecule has 4 rings (SSSR count). The highest BCUT2D eigenvalue weighted by molar-refractivity contribution is 6.30. The molecule has 0 atom stereocenters. The fraction of sp³-hybridized carbons (Fsp3) is 0.304. The summed E-state index contributed by atoms with van der Waals surface area (Å²) >= 11 is 5.80. The Morgan fingerprint density at radius 3 is 2.82 bits per heavy atom. The normalized spacial score (nSPS) is 13.4. The molecule has 172 valence electrons. The highest BCUT2D eigenvalue weighted by Gasteiger charge is 2.30. The molecule has 33 heavy (non-hydrogen) atoms. The molecule has 1 heterocycles. The van der Waals surface area contributed by atoms with E-state index in [1.807, 2.05) is 6.07 Å². The molecule has 4 N–H and O–H groups in total. The molecule has 1 aliphatic rings. The molecule has 2 amide bonds. The molecule has 0 saturated heterocycles. The summed E-state index contributed by atoms with van der Waals surface area (Å²) in [7, 11) is 0. The average Bonchev–Trinajstić information content (AvgIpc) is 3.58. The van der Waals surface area contributed by atoms with E-state index >= 15 is 0 Å². The minimum Gasteiger partial charge on any atom is -0.364 e. The highest BCUT2D eigenvalue weighted by atomic mass is 35.5. The van der Waals surface area contributed by atoms with Crippen LogP contribution in [0.3, 0.4) is 0 Å². The first-order chi connectivity index (χ1) is 15.9. The van der Waals surface area contributed by atoms with Crippen molar-refractivity contribution in [3.8, 4) is 0 Å². The number of halogens is 2. The van der Waals surface area contributed by atoms with E-state index in [9.17, 15) is 14.0 Å². The number of carbonyl (C=O) groups excluding carboxylic acids is 2. The Morgan fingerprint density at radius 2 is 2.12 bits per heavy atom. The number of carbonyl (C=O) groups is 2. The Hall–Kier alpha value is -3.30. The molecule has 1 fully saturated rings. The Bertz CT molecular complexity index is 1220. The predicted molar refractivity (Wildman–Crippen MR) is 124 cm³/mol. The predicted octanol–water partition coefficient (Wildman–Crippen LogP) is 2.71. The molecule has 1 aliphatic carbocycles. The standard InChI is InChI=1S/C23H24ClFN6O2/c24-18-3-1-2-15(21(18)25)12-28-20(32)13-30(16-5-6-16)8-9-31-19-7-4-14(11-26)10-17(19)22(29-31)23(27)33/h1-4,7,10-11,16,26H,5-6,8-9,12-13H2,(H2,27,33)(H,28,32). The quantitative estimate of drug-likeness (QED) is 0.395. The Morgan fingerprint density at radius 1 is 1.33 bits per heavy atom. The van der Waals surface area contributed by atoms with Crippen LogP contribution in [0.1, 0.15) is 34.5 Å². The third-order valence-corrected chi connectivity index (χ3v) is 5.98. The zero-order valence-electron chi connectivity index (χ0n) is 17.9. The van der Waals surface area contributed by atoms with Crippen molar-refractivity contribution in [2.24, 2.45) is 5.73 Å². The minimum absolute atomic E-state index is 0.0240. The molecule has 0 bridgehead atoms. The van der Waals surface area contributed by atoms with Crippen molar-refractivity contribution in [3.05, 3.63) is 64.1 Å². The zero-order chi connectivity index (χ0) is 23.5. The van der Waals surface area contributed by atoms with Gasteiger partial charge in [0, 0.05) is 36.3 Å². The first-order valence-electron chi connectivity index (χ1n) is 10.6. The van der Waals surface area contributed by atoms with Crippen LogP contribution in [0.2, 0.25) is 5.02 Å². The van der Waals surface area contributed by atoms with Crippen LogP contribution in [0.15, 0.2) is 36.4 Å². The van der Waals surface area contributed by atoms with Gasteiger partial charge in [-0.25, -0.2) is 4.39 Å². The van der Waals surface area contributed by atoms with Gasteiger partial charge >= 0.3 is 0 Å². The second kappa shape index (κ2) is 9.68. The third kappa shape index (κ3) is 5.20. The van der Waals surface area contributed by atoms with Crippen molar-refractivity contribution in [1.29, 1.82) is 5.41 Å². The number of aromatic nitrogens is 2. The number of amides is 2. The van der Waals surface area contributed by atoms with Gasteiger partial charge in [0.15, 0.2) is 5.69 Å². The largest absolute Gasteiger partial charge is 0.364 e. The molecule has 2 aromatic carbocycles. The van der Waals surface area contributed by atoms with Crippen LogP contribution < -0.4 is 11.1 Å². The van der Waals surface area contributed by atoms with Gasteiger partial charge in [0.05, 0.1) is 23.6 Å². The molecule has 0 spiro atoms. The highest BCUT2D eigenvalue weighted by Crippen LogP contribution is 2.27. The number of nitrogens with two attached hydrogens (primary N) is 1. The Balaban J connectivity index is 1.42. The molecule has 0 radical (unpaired) electrons. The summed E-state index contributed by atoms with van der Waals surface area (Å²) in [6.45, 7) is 1.24. The number of fused-ring (bicyclic) bond motifs is 1.